The number of rotatable bonds is 4. The quantitative estimate of drug-likeness (QED) is 0.945. The summed E-state index contributed by atoms with van der Waals surface area (Å²) in [6.45, 7) is 1.45. The summed E-state index contributed by atoms with van der Waals surface area (Å²) in [5, 5.41) is 3.04. The molecule has 4 heteroatoms. The van der Waals surface area contributed by atoms with E-state index < -0.39 is 0 Å². The van der Waals surface area contributed by atoms with Crippen LogP contribution in [0.1, 0.15) is 45.8 Å². The average molecular weight is 308 g/mol. The van der Waals surface area contributed by atoms with Gasteiger partial charge >= 0.3 is 0 Å². The second-order valence-corrected chi connectivity index (χ2v) is 6.23. The van der Waals surface area contributed by atoms with E-state index in [2.05, 4.69) is 10.3 Å². The van der Waals surface area contributed by atoms with Crippen molar-refractivity contribution in [1.29, 1.82) is 0 Å². The fourth-order valence-electron chi connectivity index (χ4n) is 3.73. The first-order valence-electron chi connectivity index (χ1n) is 8.29. The first-order valence-corrected chi connectivity index (χ1v) is 8.29. The summed E-state index contributed by atoms with van der Waals surface area (Å²) in [4.78, 5) is 16.5. The molecule has 1 aliphatic heterocycles. The number of hydrogen-bond acceptors (Lipinski definition) is 3. The van der Waals surface area contributed by atoms with E-state index in [-0.39, 0.29) is 5.91 Å². The third-order valence-corrected chi connectivity index (χ3v) is 4.84. The van der Waals surface area contributed by atoms with Crippen LogP contribution in [0.3, 0.4) is 0 Å². The summed E-state index contributed by atoms with van der Waals surface area (Å²) in [6.07, 6.45) is 6.16. The van der Waals surface area contributed by atoms with Gasteiger partial charge in [-0.05, 0) is 48.4 Å². The zero-order valence-electron chi connectivity index (χ0n) is 13.0. The summed E-state index contributed by atoms with van der Waals surface area (Å²) in [5.74, 6) is 1.34. The van der Waals surface area contributed by atoms with Gasteiger partial charge in [-0.3, -0.25) is 4.79 Å². The highest BCUT2D eigenvalue weighted by Crippen LogP contribution is 2.41. The molecule has 1 aromatic carbocycles. The van der Waals surface area contributed by atoms with Crippen molar-refractivity contribution >= 4 is 5.91 Å². The third kappa shape index (κ3) is 2.69. The maximum Gasteiger partial charge on any atom is 0.251 e. The molecule has 4 nitrogen and oxygen atoms in total. The van der Waals surface area contributed by atoms with Crippen molar-refractivity contribution in [3.05, 3.63) is 58.8 Å². The molecule has 1 N–H and O–H groups in total. The lowest BCUT2D eigenvalue weighted by Crippen LogP contribution is -2.25. The van der Waals surface area contributed by atoms with Crippen LogP contribution in [0.4, 0.5) is 0 Å². The number of ether oxygens (including phenoxy) is 1. The third-order valence-electron chi connectivity index (χ3n) is 4.84. The predicted octanol–water partition coefficient (Wildman–Crippen LogP) is 2.87. The van der Waals surface area contributed by atoms with Gasteiger partial charge in [0.15, 0.2) is 0 Å². The Kier molecular flexibility index (Phi) is 3.74. The lowest BCUT2D eigenvalue weighted by molar-refractivity contribution is 0.0952. The first-order chi connectivity index (χ1) is 11.3. The molecular formula is C19H20N2O2. The molecule has 1 aliphatic carbocycles. The largest absolute Gasteiger partial charge is 0.477 e. The number of benzene rings is 1. The van der Waals surface area contributed by atoms with Crippen molar-refractivity contribution in [3.63, 3.8) is 0 Å². The molecule has 23 heavy (non-hydrogen) atoms. The molecule has 0 saturated carbocycles. The van der Waals surface area contributed by atoms with Gasteiger partial charge in [0.1, 0.15) is 0 Å². The second-order valence-electron chi connectivity index (χ2n) is 6.23. The summed E-state index contributed by atoms with van der Waals surface area (Å²) >= 11 is 0. The maximum atomic E-state index is 12.1. The number of nitrogens with zero attached hydrogens (tertiary/aromatic N) is 1. The number of carbonyl (C=O) groups excluding carboxylic acids is 1. The molecule has 1 aromatic heterocycles. The molecule has 1 atom stereocenters. The van der Waals surface area contributed by atoms with Crippen molar-refractivity contribution in [2.45, 2.75) is 31.6 Å². The smallest absolute Gasteiger partial charge is 0.251 e. The topological polar surface area (TPSA) is 51.2 Å². The molecule has 2 heterocycles. The lowest BCUT2D eigenvalue weighted by atomic mass is 9.93. The number of amides is 1. The van der Waals surface area contributed by atoms with Gasteiger partial charge in [-0.1, -0.05) is 18.2 Å². The Morgan fingerprint density at radius 3 is 3.00 bits per heavy atom. The Morgan fingerprint density at radius 2 is 2.13 bits per heavy atom. The molecule has 0 radical (unpaired) electrons. The van der Waals surface area contributed by atoms with Crippen LogP contribution < -0.4 is 10.1 Å². The summed E-state index contributed by atoms with van der Waals surface area (Å²) < 4.78 is 5.59. The minimum absolute atomic E-state index is 0.00658. The number of carbonyl (C=O) groups is 1. The number of hydrogen-bond donors (Lipinski definition) is 1. The van der Waals surface area contributed by atoms with Crippen molar-refractivity contribution in [1.82, 2.24) is 10.3 Å². The zero-order chi connectivity index (χ0) is 15.6. The molecule has 4 rings (SSSR count). The van der Waals surface area contributed by atoms with E-state index in [0.717, 1.165) is 43.7 Å². The van der Waals surface area contributed by atoms with Crippen molar-refractivity contribution < 1.29 is 9.53 Å². The van der Waals surface area contributed by atoms with E-state index in [4.69, 9.17) is 4.74 Å². The van der Waals surface area contributed by atoms with Gasteiger partial charge in [-0.15, -0.1) is 0 Å². The van der Waals surface area contributed by atoms with Crippen LogP contribution >= 0.6 is 0 Å². The van der Waals surface area contributed by atoms with Crippen LogP contribution in [0, 0.1) is 0 Å². The van der Waals surface area contributed by atoms with E-state index in [0.29, 0.717) is 12.5 Å². The van der Waals surface area contributed by atoms with E-state index in [1.807, 2.05) is 36.5 Å². The standard InChI is InChI=1S/C19H20N2O2/c22-18(14-4-2-1-3-5-14)20-10-8-13-6-7-15-12-21-19-16(17(13)15)9-11-23-19/h1-5,12-13H,6-11H2,(H,20,22). The second kappa shape index (κ2) is 6.03. The fourth-order valence-corrected chi connectivity index (χ4v) is 3.73. The lowest BCUT2D eigenvalue weighted by Gasteiger charge is -2.15. The van der Waals surface area contributed by atoms with E-state index in [1.54, 1.807) is 0 Å². The van der Waals surface area contributed by atoms with Crippen LogP contribution in [0.5, 0.6) is 5.88 Å². The van der Waals surface area contributed by atoms with Gasteiger partial charge in [-0.25, -0.2) is 4.98 Å². The van der Waals surface area contributed by atoms with Gasteiger partial charge in [0, 0.05) is 30.3 Å². The molecule has 2 aliphatic rings. The maximum absolute atomic E-state index is 12.1. The fraction of sp³-hybridized carbons (Fsp3) is 0.368. The van der Waals surface area contributed by atoms with Gasteiger partial charge in [0.25, 0.3) is 5.91 Å². The summed E-state index contributed by atoms with van der Waals surface area (Å²) in [5.41, 5.74) is 4.84. The molecule has 1 amide bonds. The highest BCUT2D eigenvalue weighted by Gasteiger charge is 2.30. The number of pyridine rings is 1. The SMILES string of the molecule is O=C(NCCC1CCc2cnc3c(c21)CCO3)c1ccccc1. The van der Waals surface area contributed by atoms with Crippen molar-refractivity contribution in [2.24, 2.45) is 0 Å². The van der Waals surface area contributed by atoms with E-state index in [1.165, 1.54) is 16.7 Å². The average Bonchev–Trinajstić information content (AvgIpc) is 3.21. The van der Waals surface area contributed by atoms with Gasteiger partial charge < -0.3 is 10.1 Å². The van der Waals surface area contributed by atoms with Gasteiger partial charge in [0.05, 0.1) is 6.61 Å². The molecule has 0 fully saturated rings. The van der Waals surface area contributed by atoms with Gasteiger partial charge in [0.2, 0.25) is 5.88 Å². The number of aromatic nitrogens is 1. The van der Waals surface area contributed by atoms with E-state index >= 15 is 0 Å². The minimum atomic E-state index is 0.00658. The molecular weight excluding hydrogens is 288 g/mol. The van der Waals surface area contributed by atoms with E-state index in [9.17, 15) is 4.79 Å². The minimum Gasteiger partial charge on any atom is -0.477 e. The summed E-state index contributed by atoms with van der Waals surface area (Å²) in [6, 6.07) is 9.38. The number of fused-ring (bicyclic) bond motifs is 3. The highest BCUT2D eigenvalue weighted by molar-refractivity contribution is 5.94. The predicted molar refractivity (Wildman–Crippen MR) is 87.9 cm³/mol. The monoisotopic (exact) mass is 308 g/mol. The molecule has 118 valence electrons. The Balaban J connectivity index is 1.41. The van der Waals surface area contributed by atoms with Crippen LogP contribution in [-0.2, 0) is 12.8 Å². The molecule has 1 unspecified atom stereocenters. The Labute approximate surface area is 135 Å². The Morgan fingerprint density at radius 1 is 1.26 bits per heavy atom. The Hall–Kier alpha value is -2.36. The van der Waals surface area contributed by atoms with Crippen molar-refractivity contribution in [2.75, 3.05) is 13.2 Å². The first kappa shape index (κ1) is 14.2. The molecule has 0 saturated heterocycles. The molecule has 0 bridgehead atoms. The molecule has 0 spiro atoms. The number of nitrogens with one attached hydrogen (secondary N) is 1. The van der Waals surface area contributed by atoms with Crippen LogP contribution in [0.15, 0.2) is 36.5 Å². The van der Waals surface area contributed by atoms with Crippen LogP contribution in [0.2, 0.25) is 0 Å². The Bertz CT molecular complexity index is 728. The van der Waals surface area contributed by atoms with Crippen LogP contribution in [-0.4, -0.2) is 24.0 Å². The van der Waals surface area contributed by atoms with Crippen molar-refractivity contribution in [3.8, 4) is 5.88 Å². The number of aryl methyl sites for hydroxylation is 1. The van der Waals surface area contributed by atoms with Gasteiger partial charge in [-0.2, -0.15) is 0 Å². The van der Waals surface area contributed by atoms with Crippen LogP contribution in [0.25, 0.3) is 0 Å². The summed E-state index contributed by atoms with van der Waals surface area (Å²) in [7, 11) is 0. The molecule has 2 aromatic rings. The normalized spacial score (nSPS) is 18.2. The zero-order valence-corrected chi connectivity index (χ0v) is 13.0. The highest BCUT2D eigenvalue weighted by atomic mass is 16.5.